The van der Waals surface area contributed by atoms with Crippen molar-refractivity contribution in [3.63, 3.8) is 0 Å². The van der Waals surface area contributed by atoms with Crippen molar-refractivity contribution in [1.82, 2.24) is 9.61 Å². The molecule has 0 aliphatic heterocycles. The monoisotopic (exact) mass is 457 g/mol. The highest BCUT2D eigenvalue weighted by Crippen LogP contribution is 2.32. The number of nitrogens with one attached hydrogen (secondary N) is 2. The fraction of sp³-hybridized carbons (Fsp3) is 0.259. The molecular weight excluding hydrogens is 426 g/mol. The second kappa shape index (κ2) is 12.2. The lowest BCUT2D eigenvalue weighted by Gasteiger charge is -2.14. The minimum Gasteiger partial charge on any atom is -0.501 e. The van der Waals surface area contributed by atoms with E-state index >= 15 is 0 Å². The third-order valence-corrected chi connectivity index (χ3v) is 5.43. The molecule has 176 valence electrons. The third-order valence-electron chi connectivity index (χ3n) is 5.43. The Morgan fingerprint density at radius 1 is 1.35 bits per heavy atom. The van der Waals surface area contributed by atoms with Crippen LogP contribution in [0.5, 0.6) is 0 Å². The molecule has 7 heteroatoms. The van der Waals surface area contributed by atoms with E-state index in [1.54, 1.807) is 19.4 Å². The third kappa shape index (κ3) is 5.99. The van der Waals surface area contributed by atoms with Gasteiger partial charge in [-0.15, -0.1) is 0 Å². The molecule has 1 aliphatic carbocycles. The largest absolute Gasteiger partial charge is 0.501 e. The van der Waals surface area contributed by atoms with E-state index in [4.69, 9.17) is 9.47 Å². The first-order valence-electron chi connectivity index (χ1n) is 11.1. The van der Waals surface area contributed by atoms with Gasteiger partial charge in [-0.05, 0) is 31.2 Å². The standard InChI is InChI=1S/C27H31N5O2/c1-5-9-23(33-4)11-6-7-17-34-24-12-8-10-22(13-14-24)31-26-21(15-16-28)18-30-32-19-25(29-3)20(2)27(26)32/h5-9,12-14,18-19,29,31H,1,10-11,15,17H2,2-4H3/b7-6-,23-9+. The average molecular weight is 458 g/mol. The lowest BCUT2D eigenvalue weighted by Crippen LogP contribution is -2.06. The number of anilines is 2. The van der Waals surface area contributed by atoms with E-state index in [0.717, 1.165) is 45.2 Å². The highest BCUT2D eigenvalue weighted by atomic mass is 16.5. The fourth-order valence-electron chi connectivity index (χ4n) is 3.66. The molecule has 0 amide bonds. The number of nitriles is 1. The molecule has 34 heavy (non-hydrogen) atoms. The van der Waals surface area contributed by atoms with Crippen molar-refractivity contribution in [3.05, 3.63) is 95.9 Å². The SMILES string of the molecule is C=C/C=C(\C/C=C\COC1=CC=C(Nc2c(CC#N)cnn3cc(NC)c(C)c23)CC=C1)OC. The topological polar surface area (TPSA) is 83.6 Å². The Morgan fingerprint density at radius 2 is 2.21 bits per heavy atom. The van der Waals surface area contributed by atoms with Crippen molar-refractivity contribution < 1.29 is 9.47 Å². The first-order valence-corrected chi connectivity index (χ1v) is 11.1. The van der Waals surface area contributed by atoms with Gasteiger partial charge in [-0.1, -0.05) is 30.9 Å². The molecule has 0 unspecified atom stereocenters. The van der Waals surface area contributed by atoms with Gasteiger partial charge in [0.2, 0.25) is 0 Å². The molecule has 0 fully saturated rings. The lowest BCUT2D eigenvalue weighted by atomic mass is 10.1. The Hall–Kier alpha value is -4.18. The van der Waals surface area contributed by atoms with Gasteiger partial charge in [0, 0.05) is 36.7 Å². The molecule has 7 nitrogen and oxygen atoms in total. The number of rotatable bonds is 11. The first kappa shape index (κ1) is 24.5. The molecule has 0 radical (unpaired) electrons. The summed E-state index contributed by atoms with van der Waals surface area (Å²) in [5.74, 6) is 1.63. The molecule has 0 saturated carbocycles. The molecular formula is C27H31N5O2. The van der Waals surface area contributed by atoms with Gasteiger partial charge in [-0.25, -0.2) is 4.52 Å². The summed E-state index contributed by atoms with van der Waals surface area (Å²) in [7, 11) is 3.54. The smallest absolute Gasteiger partial charge is 0.119 e. The Kier molecular flexibility index (Phi) is 8.75. The maximum atomic E-state index is 9.32. The van der Waals surface area contributed by atoms with E-state index in [2.05, 4.69) is 34.5 Å². The summed E-state index contributed by atoms with van der Waals surface area (Å²) < 4.78 is 13.0. The number of methoxy groups -OCH3 is 1. The predicted octanol–water partition coefficient (Wildman–Crippen LogP) is 5.57. The number of aromatic nitrogens is 2. The minimum atomic E-state index is 0.276. The molecule has 0 atom stereocenters. The maximum Gasteiger partial charge on any atom is 0.119 e. The van der Waals surface area contributed by atoms with Crippen LogP contribution in [0.2, 0.25) is 0 Å². The first-order chi connectivity index (χ1) is 16.6. The van der Waals surface area contributed by atoms with Crippen LogP contribution in [0, 0.1) is 18.3 Å². The van der Waals surface area contributed by atoms with Crippen LogP contribution in [0.3, 0.4) is 0 Å². The average Bonchev–Trinajstić information content (AvgIpc) is 3.01. The number of fused-ring (bicyclic) bond motifs is 1. The van der Waals surface area contributed by atoms with E-state index in [1.807, 2.05) is 61.1 Å². The summed E-state index contributed by atoms with van der Waals surface area (Å²) in [5.41, 5.74) is 5.80. The van der Waals surface area contributed by atoms with Crippen molar-refractivity contribution >= 4 is 16.9 Å². The molecule has 2 heterocycles. The van der Waals surface area contributed by atoms with Crippen LogP contribution in [0.4, 0.5) is 11.4 Å². The zero-order chi connectivity index (χ0) is 24.3. The molecule has 0 aromatic carbocycles. The summed E-state index contributed by atoms with van der Waals surface area (Å²) in [6.07, 6.45) is 20.9. The Morgan fingerprint density at radius 3 is 2.94 bits per heavy atom. The predicted molar refractivity (Wildman–Crippen MR) is 137 cm³/mol. The Labute approximate surface area is 201 Å². The number of ether oxygens (including phenoxy) is 2. The van der Waals surface area contributed by atoms with Crippen LogP contribution < -0.4 is 10.6 Å². The number of hydrogen-bond donors (Lipinski definition) is 2. The molecule has 2 aromatic heterocycles. The van der Waals surface area contributed by atoms with Gasteiger partial charge in [0.15, 0.2) is 0 Å². The van der Waals surface area contributed by atoms with Crippen molar-refractivity contribution in [2.24, 2.45) is 0 Å². The maximum absolute atomic E-state index is 9.32. The van der Waals surface area contributed by atoms with E-state index in [1.165, 1.54) is 0 Å². The van der Waals surface area contributed by atoms with Gasteiger partial charge in [0.25, 0.3) is 0 Å². The van der Waals surface area contributed by atoms with E-state index in [-0.39, 0.29) is 6.42 Å². The number of hydrogen-bond acceptors (Lipinski definition) is 6. The molecule has 2 N–H and O–H groups in total. The second-order valence-electron chi connectivity index (χ2n) is 7.64. The quantitative estimate of drug-likeness (QED) is 0.261. The fourth-order valence-corrected chi connectivity index (χ4v) is 3.66. The van der Waals surface area contributed by atoms with Crippen molar-refractivity contribution in [1.29, 1.82) is 5.26 Å². The highest BCUT2D eigenvalue weighted by molar-refractivity contribution is 5.84. The Bertz CT molecular complexity index is 1220. The second-order valence-corrected chi connectivity index (χ2v) is 7.64. The van der Waals surface area contributed by atoms with Gasteiger partial charge in [0.05, 0.1) is 54.6 Å². The minimum absolute atomic E-state index is 0.276. The van der Waals surface area contributed by atoms with Gasteiger partial charge >= 0.3 is 0 Å². The molecule has 2 aromatic rings. The van der Waals surface area contributed by atoms with Crippen LogP contribution in [-0.4, -0.2) is 30.4 Å². The lowest BCUT2D eigenvalue weighted by molar-refractivity contribution is 0.260. The molecule has 0 saturated heterocycles. The van der Waals surface area contributed by atoms with Crippen LogP contribution in [0.25, 0.3) is 5.52 Å². The van der Waals surface area contributed by atoms with Crippen LogP contribution in [0.1, 0.15) is 24.0 Å². The number of aryl methyl sites for hydroxylation is 1. The van der Waals surface area contributed by atoms with Gasteiger partial charge < -0.3 is 20.1 Å². The molecule has 0 bridgehead atoms. The van der Waals surface area contributed by atoms with Gasteiger partial charge in [-0.2, -0.15) is 10.4 Å². The molecule has 3 rings (SSSR count). The zero-order valence-electron chi connectivity index (χ0n) is 20.0. The number of allylic oxidation sites excluding steroid dienone is 7. The van der Waals surface area contributed by atoms with Crippen molar-refractivity contribution in [2.45, 2.75) is 26.2 Å². The normalized spacial score (nSPS) is 13.8. The van der Waals surface area contributed by atoms with Crippen molar-refractivity contribution in [3.8, 4) is 6.07 Å². The summed E-state index contributed by atoms with van der Waals surface area (Å²) in [6, 6.07) is 2.24. The summed E-state index contributed by atoms with van der Waals surface area (Å²) >= 11 is 0. The van der Waals surface area contributed by atoms with E-state index < -0.39 is 0 Å². The molecule has 1 aliphatic rings. The van der Waals surface area contributed by atoms with Gasteiger partial charge in [0.1, 0.15) is 12.4 Å². The van der Waals surface area contributed by atoms with Crippen LogP contribution >= 0.6 is 0 Å². The summed E-state index contributed by atoms with van der Waals surface area (Å²) in [6.45, 7) is 6.19. The van der Waals surface area contributed by atoms with E-state index in [0.29, 0.717) is 19.4 Å². The van der Waals surface area contributed by atoms with Crippen molar-refractivity contribution in [2.75, 3.05) is 31.4 Å². The zero-order valence-corrected chi connectivity index (χ0v) is 20.0. The van der Waals surface area contributed by atoms with Crippen LogP contribution in [-0.2, 0) is 15.9 Å². The molecule has 0 spiro atoms. The highest BCUT2D eigenvalue weighted by Gasteiger charge is 2.16. The van der Waals surface area contributed by atoms with E-state index in [9.17, 15) is 5.26 Å². The summed E-state index contributed by atoms with van der Waals surface area (Å²) in [4.78, 5) is 0. The van der Waals surface area contributed by atoms with Gasteiger partial charge in [-0.3, -0.25) is 0 Å². The Balaban J connectivity index is 1.74. The van der Waals surface area contributed by atoms with Crippen LogP contribution in [0.15, 0.2) is 84.8 Å². The summed E-state index contributed by atoms with van der Waals surface area (Å²) in [5, 5.41) is 20.6. The number of nitrogens with zero attached hydrogens (tertiary/aromatic N) is 3.